The van der Waals surface area contributed by atoms with Crippen LogP contribution in [0.1, 0.15) is 58.9 Å². The number of anilines is 8. The monoisotopic (exact) mass is 1920 g/mol. The van der Waals surface area contributed by atoms with Gasteiger partial charge in [0.1, 0.15) is 46.0 Å². The molecule has 16 aromatic rings. The fourth-order valence-electron chi connectivity index (χ4n) is 18.5. The highest BCUT2D eigenvalue weighted by atomic mass is 16.5. The van der Waals surface area contributed by atoms with Crippen LogP contribution in [0.25, 0.3) is 89.2 Å². The third-order valence-corrected chi connectivity index (χ3v) is 26.5. The number of methoxy groups -OCH3 is 8. The number of nitriles is 1. The van der Waals surface area contributed by atoms with Crippen molar-refractivity contribution in [3.8, 4) is 97.1 Å². The third kappa shape index (κ3) is 23.6. The van der Waals surface area contributed by atoms with Gasteiger partial charge in [-0.25, -0.2) is 19.9 Å². The van der Waals surface area contributed by atoms with E-state index >= 15 is 0 Å². The SMILES string of the molecule is CCCN(c1cc(OC)cc(OC)c1)c1ccc2ncc(-c3cnn(C(C)C)c3)nc2c1.COc1cc(OC)cc(N(CCN2CC3(CCC3)C2)c2ccc3ncc(-c4cnn(C)c4)nc3c2)c1.COc1cc(OC)cc(N(CCN2CCN(C)CC2)c2ccc3ncc(-c4cnn(C)c4)nc3c2)c1.COc1cc(OC)cc(N(C[C@H](O)CN2CC[C@H](C#N)C2)c2ccc3ncc(-c4cnn(C)c4)nc3c2)c1. The summed E-state index contributed by atoms with van der Waals surface area (Å²) in [5.74, 6) is 5.88. The van der Waals surface area contributed by atoms with Crippen molar-refractivity contribution >= 4 is 89.6 Å². The Balaban J connectivity index is 0.000000130. The number of likely N-dealkylation sites (tertiary alicyclic amines) is 2. The zero-order valence-electron chi connectivity index (χ0n) is 83.6. The second-order valence-corrected chi connectivity index (χ2v) is 36.8. The Hall–Kier alpha value is -15.2. The van der Waals surface area contributed by atoms with E-state index in [9.17, 15) is 10.4 Å². The average molecular weight is 1920 g/mol. The molecule has 142 heavy (non-hydrogen) atoms. The van der Waals surface area contributed by atoms with Crippen LogP contribution in [0.15, 0.2) is 220 Å². The van der Waals surface area contributed by atoms with Gasteiger partial charge in [0.15, 0.2) is 0 Å². The van der Waals surface area contributed by atoms with Crippen molar-refractivity contribution in [3.05, 3.63) is 220 Å². The molecule has 34 heteroatoms. The number of fused-ring (bicyclic) bond motifs is 4. The number of aliphatic hydroxyl groups excluding tert-OH is 1. The molecule has 1 saturated carbocycles. The van der Waals surface area contributed by atoms with Crippen LogP contribution in [0, 0.1) is 22.7 Å². The molecular weight excluding hydrogens is 1790 g/mol. The van der Waals surface area contributed by atoms with Gasteiger partial charge < -0.3 is 72.4 Å². The summed E-state index contributed by atoms with van der Waals surface area (Å²) in [6.07, 6.45) is 27.5. The Bertz CT molecular complexity index is 6970. The number of hydrogen-bond donors (Lipinski definition) is 1. The Morgan fingerprint density at radius 1 is 0.387 bits per heavy atom. The summed E-state index contributed by atoms with van der Waals surface area (Å²) in [4.78, 5) is 56.6. The molecule has 1 spiro atoms. The van der Waals surface area contributed by atoms with Crippen LogP contribution in [-0.4, -0.2) is 272 Å². The standard InChI is InChI=1S/C28H31N7O3.C28H32N6O2.C27H33N7O2.C25H29N5O2/c1-33-16-20(13-31-33)28-14-30-26-5-4-21(10-27(26)32-28)35(22-8-24(37-2)11-25(9-22)38-3)18-23(36)17-34-7-6-19(12-29)15-34;1-32-17-20(15-30-32)27-16-29-25-6-5-21(13-26(25)31-27)34(10-9-33-18-28(19-33)7-4-8-28)22-11-23(35-2)14-24(12-22)36-3;1-31-7-9-33(10-8-31)11-12-34(22-13-23(35-3)16-24(14-22)36-4)21-5-6-25-26(15-21)30-27(18-28-25)20-17-29-32(2)19-20;1-6-9-29(20-10-21(31-4)13-22(11-20)32-5)19-7-8-23-24(12-19)28-25(15-26-23)18-14-27-30(16-18)17(2)3/h4-5,8-11,13-14,16,19,23,36H,6-7,15,17-18H2,1-3H3;5-6,11-17H,4,7-10,18-19H2,1-3H3;5-6,13-19H,7-12H2,1-4H3;7-8,10-17H,6,9H2,1-5H3/t19-,23-;;;/m1.../s1. The number of likely N-dealkylation sites (N-methyl/N-ethyl adjacent to an activating group) is 1. The van der Waals surface area contributed by atoms with Gasteiger partial charge in [-0.15, -0.1) is 0 Å². The summed E-state index contributed by atoms with van der Waals surface area (Å²) in [5, 5.41) is 37.6. The fraction of sp³-hybridized carbons (Fsp3) is 0.361. The summed E-state index contributed by atoms with van der Waals surface area (Å²) >= 11 is 0. The molecule has 736 valence electrons. The smallest absolute Gasteiger partial charge is 0.124 e. The van der Waals surface area contributed by atoms with Gasteiger partial charge in [0, 0.05) is 278 Å². The van der Waals surface area contributed by atoms with E-state index in [-0.39, 0.29) is 5.92 Å². The molecule has 1 N–H and O–H groups in total. The van der Waals surface area contributed by atoms with Crippen molar-refractivity contribution < 1.29 is 43.0 Å². The lowest BCUT2D eigenvalue weighted by Crippen LogP contribution is -2.60. The van der Waals surface area contributed by atoms with Crippen LogP contribution in [0.5, 0.6) is 46.0 Å². The van der Waals surface area contributed by atoms with Crippen LogP contribution < -0.4 is 57.5 Å². The van der Waals surface area contributed by atoms with Gasteiger partial charge in [0.25, 0.3) is 0 Å². The molecule has 8 aromatic heterocycles. The Morgan fingerprint density at radius 2 is 0.725 bits per heavy atom. The number of aromatic nitrogens is 16. The predicted molar refractivity (Wildman–Crippen MR) is 556 cm³/mol. The van der Waals surface area contributed by atoms with Crippen LogP contribution in [-0.2, 0) is 21.1 Å². The summed E-state index contributed by atoms with van der Waals surface area (Å²) in [6.45, 7) is 19.9. The zero-order valence-corrected chi connectivity index (χ0v) is 83.6. The van der Waals surface area contributed by atoms with Crippen molar-refractivity contribution in [3.63, 3.8) is 0 Å². The van der Waals surface area contributed by atoms with E-state index in [1.807, 2.05) is 165 Å². The molecule has 1 aliphatic carbocycles. The molecule has 0 bridgehead atoms. The first-order chi connectivity index (χ1) is 69.0. The molecule has 3 saturated heterocycles. The minimum atomic E-state index is -0.659. The lowest BCUT2D eigenvalue weighted by molar-refractivity contribution is -0.0575. The van der Waals surface area contributed by atoms with Gasteiger partial charge in [-0.1, -0.05) is 13.3 Å². The van der Waals surface area contributed by atoms with Crippen molar-refractivity contribution in [1.82, 2.24) is 98.6 Å². The third-order valence-electron chi connectivity index (χ3n) is 26.5. The molecule has 8 aromatic carbocycles. The normalized spacial score (nSPS) is 14.8. The van der Waals surface area contributed by atoms with E-state index in [2.05, 4.69) is 169 Å². The highest BCUT2D eigenvalue weighted by Gasteiger charge is 2.47. The highest BCUT2D eigenvalue weighted by molar-refractivity contribution is 5.87. The maximum Gasteiger partial charge on any atom is 0.124 e. The number of rotatable bonds is 33. The predicted octanol–water partition coefficient (Wildman–Crippen LogP) is 17.1. The average Bonchev–Trinajstić information content (AvgIpc) is 1.12. The maximum atomic E-state index is 11.2. The summed E-state index contributed by atoms with van der Waals surface area (Å²) < 4.78 is 51.5. The van der Waals surface area contributed by atoms with Crippen LogP contribution in [0.4, 0.5) is 45.5 Å². The summed E-state index contributed by atoms with van der Waals surface area (Å²) in [7, 11) is 21.1. The molecule has 2 atom stereocenters. The highest BCUT2D eigenvalue weighted by Crippen LogP contribution is 2.49. The number of aliphatic hydroxyl groups is 1. The first kappa shape index (κ1) is 98.5. The molecule has 20 rings (SSSR count). The number of ether oxygens (including phenoxy) is 8. The lowest BCUT2D eigenvalue weighted by atomic mass is 9.63. The van der Waals surface area contributed by atoms with Gasteiger partial charge in [-0.05, 0) is 131 Å². The molecule has 34 nitrogen and oxygen atoms in total. The second-order valence-electron chi connectivity index (χ2n) is 36.8. The lowest BCUT2D eigenvalue weighted by Gasteiger charge is -2.56. The Labute approximate surface area is 828 Å². The van der Waals surface area contributed by atoms with E-state index in [1.165, 1.54) is 32.4 Å². The minimum absolute atomic E-state index is 0.0222. The first-order valence-electron chi connectivity index (χ1n) is 48.1. The van der Waals surface area contributed by atoms with Gasteiger partial charge in [-0.2, -0.15) is 25.7 Å². The van der Waals surface area contributed by atoms with E-state index in [4.69, 9.17) is 57.8 Å². The number of aryl methyl sites for hydroxylation is 3. The number of piperazine rings is 1. The summed E-state index contributed by atoms with van der Waals surface area (Å²) in [6, 6.07) is 50.8. The van der Waals surface area contributed by atoms with Gasteiger partial charge in [-0.3, -0.25) is 48.5 Å². The number of nitrogens with zero attached hydrogens (tertiary/aromatic N) is 25. The largest absolute Gasteiger partial charge is 0.497 e. The van der Waals surface area contributed by atoms with E-state index < -0.39 is 6.10 Å². The number of β-amino-alcohol motifs (C(OH)–C–C–N with tert-alkyl or cyclic N) is 1. The van der Waals surface area contributed by atoms with Crippen LogP contribution in [0.3, 0.4) is 0 Å². The second kappa shape index (κ2) is 45.0. The van der Waals surface area contributed by atoms with Gasteiger partial charge >= 0.3 is 0 Å². The molecule has 0 amide bonds. The molecule has 11 heterocycles. The topological polar surface area (TPSA) is 318 Å². The molecule has 0 unspecified atom stereocenters. The Morgan fingerprint density at radius 3 is 1.04 bits per heavy atom. The first-order valence-corrected chi connectivity index (χ1v) is 48.1. The number of hydrogen-bond acceptors (Lipinski definition) is 30. The minimum Gasteiger partial charge on any atom is -0.497 e. The zero-order chi connectivity index (χ0) is 99.1. The molecule has 3 aliphatic heterocycles. The van der Waals surface area contributed by atoms with Crippen LogP contribution in [0.2, 0.25) is 0 Å². The molecule has 4 aliphatic rings. The maximum absolute atomic E-state index is 11.2. The van der Waals surface area contributed by atoms with Gasteiger partial charge in [0.05, 0.1) is 198 Å². The molecular formula is C108H125N25O9. The molecule has 0 radical (unpaired) electrons. The van der Waals surface area contributed by atoms with Gasteiger partial charge in [0.2, 0.25) is 0 Å². The van der Waals surface area contributed by atoms with Crippen molar-refractivity contribution in [2.75, 3.05) is 182 Å². The van der Waals surface area contributed by atoms with Crippen molar-refractivity contribution in [1.29, 1.82) is 5.26 Å². The van der Waals surface area contributed by atoms with Crippen molar-refractivity contribution in [2.24, 2.45) is 32.5 Å². The van der Waals surface area contributed by atoms with E-state index in [0.29, 0.717) is 42.6 Å². The summed E-state index contributed by atoms with van der Waals surface area (Å²) in [5.41, 5.74) is 22.0. The fourth-order valence-corrected chi connectivity index (χ4v) is 18.5. The molecule has 4 fully saturated rings. The van der Waals surface area contributed by atoms with Crippen molar-refractivity contribution in [2.45, 2.75) is 65.0 Å². The van der Waals surface area contributed by atoms with Crippen LogP contribution >= 0.6 is 0 Å². The Kier molecular flexibility index (Phi) is 31.2. The van der Waals surface area contributed by atoms with E-state index in [0.717, 1.165) is 247 Å². The van der Waals surface area contributed by atoms with E-state index in [1.54, 1.807) is 95.7 Å². The number of benzene rings is 8. The quantitative estimate of drug-likeness (QED) is 0.0399.